The van der Waals surface area contributed by atoms with Crippen LogP contribution in [-0.2, 0) is 30.0 Å². The van der Waals surface area contributed by atoms with Gasteiger partial charge in [-0.15, -0.1) is 0 Å². The molecular formula is C20H29N5O2S2. The van der Waals surface area contributed by atoms with Gasteiger partial charge in [-0.1, -0.05) is 12.1 Å². The van der Waals surface area contributed by atoms with E-state index in [9.17, 15) is 8.42 Å². The van der Waals surface area contributed by atoms with Gasteiger partial charge in [-0.3, -0.25) is 4.90 Å². The Labute approximate surface area is 177 Å². The lowest BCUT2D eigenvalue weighted by Crippen LogP contribution is -2.47. The molecule has 7 nitrogen and oxygen atoms in total. The molecule has 0 aliphatic carbocycles. The molecule has 2 fully saturated rings. The Morgan fingerprint density at radius 1 is 1.21 bits per heavy atom. The van der Waals surface area contributed by atoms with Crippen LogP contribution in [0.3, 0.4) is 0 Å². The summed E-state index contributed by atoms with van der Waals surface area (Å²) < 4.78 is 28.0. The van der Waals surface area contributed by atoms with E-state index in [4.69, 9.17) is 17.3 Å². The molecule has 0 spiro atoms. The molecule has 0 saturated carbocycles. The normalized spacial score (nSPS) is 22.3. The van der Waals surface area contributed by atoms with E-state index in [1.807, 2.05) is 16.3 Å². The zero-order valence-corrected chi connectivity index (χ0v) is 18.8. The number of hydrogen-bond donors (Lipinski definition) is 0. The van der Waals surface area contributed by atoms with Gasteiger partial charge in [0.25, 0.3) is 0 Å². The average molecular weight is 436 g/mol. The van der Waals surface area contributed by atoms with Crippen molar-refractivity contribution in [1.29, 1.82) is 0 Å². The fourth-order valence-corrected chi connectivity index (χ4v) is 6.32. The first-order valence-corrected chi connectivity index (χ1v) is 12.4. The van der Waals surface area contributed by atoms with Crippen LogP contribution in [0, 0.1) is 17.6 Å². The summed E-state index contributed by atoms with van der Waals surface area (Å²) in [6, 6.07) is 8.65. The third kappa shape index (κ3) is 4.73. The molecule has 0 N–H and O–H groups in total. The van der Waals surface area contributed by atoms with Crippen molar-refractivity contribution < 1.29 is 8.42 Å². The van der Waals surface area contributed by atoms with E-state index in [1.165, 1.54) is 11.3 Å². The van der Waals surface area contributed by atoms with Crippen LogP contribution >= 0.6 is 12.2 Å². The molecule has 1 atom stereocenters. The van der Waals surface area contributed by atoms with Crippen LogP contribution in [0.2, 0.25) is 0 Å². The minimum Gasteiger partial charge on any atom is -0.369 e. The first kappa shape index (κ1) is 20.6. The highest BCUT2D eigenvalue weighted by Gasteiger charge is 2.29. The molecule has 2 aliphatic heterocycles. The number of piperazine rings is 1. The van der Waals surface area contributed by atoms with Crippen LogP contribution < -0.4 is 4.90 Å². The summed E-state index contributed by atoms with van der Waals surface area (Å²) in [6.45, 7) is 6.69. The summed E-state index contributed by atoms with van der Waals surface area (Å²) in [5.41, 5.74) is 2.57. The number of benzene rings is 1. The lowest BCUT2D eigenvalue weighted by Gasteiger charge is -2.36. The van der Waals surface area contributed by atoms with Gasteiger partial charge in [-0.05, 0) is 49.2 Å². The van der Waals surface area contributed by atoms with Crippen LogP contribution in [0.4, 0.5) is 5.69 Å². The number of hydrogen-bond acceptors (Lipinski definition) is 6. The summed E-state index contributed by atoms with van der Waals surface area (Å²) in [6.07, 6.45) is 1.40. The second kappa shape index (κ2) is 8.20. The highest BCUT2D eigenvalue weighted by Crippen LogP contribution is 2.22. The molecule has 3 heterocycles. The monoisotopic (exact) mass is 435 g/mol. The number of sulfone groups is 1. The van der Waals surface area contributed by atoms with E-state index in [-0.39, 0.29) is 11.7 Å². The van der Waals surface area contributed by atoms with Crippen LogP contribution in [0.15, 0.2) is 24.3 Å². The maximum atomic E-state index is 11.7. The highest BCUT2D eigenvalue weighted by atomic mass is 32.2. The third-order valence-electron chi connectivity index (χ3n) is 6.00. The second-order valence-electron chi connectivity index (χ2n) is 8.32. The Bertz CT molecular complexity index is 1040. The Morgan fingerprint density at radius 3 is 2.62 bits per heavy atom. The Kier molecular flexibility index (Phi) is 5.81. The summed E-state index contributed by atoms with van der Waals surface area (Å²) in [5.74, 6) is 1.61. The van der Waals surface area contributed by atoms with Gasteiger partial charge in [0, 0.05) is 45.3 Å². The number of anilines is 1. The van der Waals surface area contributed by atoms with Crippen molar-refractivity contribution in [3.63, 3.8) is 0 Å². The highest BCUT2D eigenvalue weighted by molar-refractivity contribution is 7.91. The quantitative estimate of drug-likeness (QED) is 0.670. The molecular weight excluding hydrogens is 406 g/mol. The van der Waals surface area contributed by atoms with Gasteiger partial charge in [0.2, 0.25) is 0 Å². The van der Waals surface area contributed by atoms with Crippen molar-refractivity contribution in [3.8, 4) is 0 Å². The first-order chi connectivity index (χ1) is 13.8. The maximum absolute atomic E-state index is 11.7. The van der Waals surface area contributed by atoms with Crippen molar-refractivity contribution in [2.75, 3.05) is 42.6 Å². The van der Waals surface area contributed by atoms with Gasteiger partial charge < -0.3 is 9.47 Å². The molecule has 158 valence electrons. The minimum absolute atomic E-state index is 0.154. The van der Waals surface area contributed by atoms with Crippen molar-refractivity contribution in [2.24, 2.45) is 13.0 Å². The number of aromatic nitrogens is 3. The molecule has 9 heteroatoms. The van der Waals surface area contributed by atoms with E-state index in [2.05, 4.69) is 41.0 Å². The Balaban J connectivity index is 1.37. The number of aryl methyl sites for hydroxylation is 1. The van der Waals surface area contributed by atoms with Gasteiger partial charge in [0.05, 0.1) is 18.2 Å². The fourth-order valence-electron chi connectivity index (χ4n) is 4.26. The molecule has 1 aromatic carbocycles. The summed E-state index contributed by atoms with van der Waals surface area (Å²) in [5, 5.41) is 4.73. The number of rotatable bonds is 5. The molecule has 0 bridgehead atoms. The van der Waals surface area contributed by atoms with Gasteiger partial charge in [0.15, 0.2) is 14.6 Å². The predicted molar refractivity (Wildman–Crippen MR) is 117 cm³/mol. The van der Waals surface area contributed by atoms with Crippen molar-refractivity contribution >= 4 is 27.7 Å². The van der Waals surface area contributed by atoms with E-state index >= 15 is 0 Å². The predicted octanol–water partition coefficient (Wildman–Crippen LogP) is 2.02. The largest absolute Gasteiger partial charge is 0.369 e. The van der Waals surface area contributed by atoms with E-state index < -0.39 is 9.84 Å². The fraction of sp³-hybridized carbons (Fsp3) is 0.600. The van der Waals surface area contributed by atoms with Gasteiger partial charge in [0.1, 0.15) is 5.82 Å². The van der Waals surface area contributed by atoms with Crippen LogP contribution in [0.1, 0.15) is 17.8 Å². The van der Waals surface area contributed by atoms with Crippen molar-refractivity contribution in [3.05, 3.63) is 40.4 Å². The first-order valence-electron chi connectivity index (χ1n) is 10.2. The molecule has 1 aromatic heterocycles. The molecule has 29 heavy (non-hydrogen) atoms. The molecule has 0 amide bonds. The van der Waals surface area contributed by atoms with Crippen molar-refractivity contribution in [1.82, 2.24) is 19.2 Å². The Hall–Kier alpha value is -1.71. The average Bonchev–Trinajstić information content (AvgIpc) is 3.16. The zero-order chi connectivity index (χ0) is 20.6. The third-order valence-corrected chi connectivity index (χ3v) is 8.32. The molecule has 2 aliphatic rings. The van der Waals surface area contributed by atoms with E-state index in [1.54, 1.807) is 0 Å². The topological polar surface area (TPSA) is 63.4 Å². The molecule has 4 rings (SSSR count). The molecule has 2 aromatic rings. The van der Waals surface area contributed by atoms with E-state index in [0.29, 0.717) is 23.6 Å². The van der Waals surface area contributed by atoms with Gasteiger partial charge in [-0.25, -0.2) is 13.1 Å². The molecule has 0 radical (unpaired) electrons. The Morgan fingerprint density at radius 2 is 1.97 bits per heavy atom. The zero-order valence-electron chi connectivity index (χ0n) is 17.1. The number of nitrogens with zero attached hydrogens (tertiary/aromatic N) is 5. The lowest BCUT2D eigenvalue weighted by molar-refractivity contribution is 0.194. The second-order valence-corrected chi connectivity index (χ2v) is 10.9. The summed E-state index contributed by atoms with van der Waals surface area (Å²) in [7, 11) is -0.937. The van der Waals surface area contributed by atoms with Crippen molar-refractivity contribution in [2.45, 2.75) is 26.4 Å². The molecule has 2 saturated heterocycles. The SMILES string of the molecule is Cc1cccc(N2CCN(Cn3nc(CC4CCS(=O)(=O)C4)n(C)c3=S)CC2)c1. The smallest absolute Gasteiger partial charge is 0.198 e. The maximum Gasteiger partial charge on any atom is 0.198 e. The minimum atomic E-state index is -2.87. The lowest BCUT2D eigenvalue weighted by atomic mass is 10.1. The summed E-state index contributed by atoms with van der Waals surface area (Å²) >= 11 is 5.59. The van der Waals surface area contributed by atoms with Gasteiger partial charge in [-0.2, -0.15) is 5.10 Å². The van der Waals surface area contributed by atoms with E-state index in [0.717, 1.165) is 38.4 Å². The van der Waals surface area contributed by atoms with Crippen LogP contribution in [-0.4, -0.2) is 65.4 Å². The standard InChI is InChI=1S/C20H29N5O2S2/c1-16-4-3-5-18(12-16)24-9-7-23(8-10-24)15-25-20(28)22(2)19(21-25)13-17-6-11-29(26,27)14-17/h3-5,12,17H,6-11,13-15H2,1-2H3. The van der Waals surface area contributed by atoms with Gasteiger partial charge >= 0.3 is 0 Å². The van der Waals surface area contributed by atoms with Crippen LogP contribution in [0.25, 0.3) is 0 Å². The molecule has 1 unspecified atom stereocenters. The summed E-state index contributed by atoms with van der Waals surface area (Å²) in [4.78, 5) is 4.80. The van der Waals surface area contributed by atoms with Crippen LogP contribution in [0.5, 0.6) is 0 Å².